The van der Waals surface area contributed by atoms with Crippen LogP contribution in [0.3, 0.4) is 0 Å². The van der Waals surface area contributed by atoms with E-state index in [0.717, 1.165) is 64.2 Å². The van der Waals surface area contributed by atoms with Crippen molar-refractivity contribution >= 4 is 47.2 Å². The number of aryl methyl sites for hydroxylation is 2. The van der Waals surface area contributed by atoms with Crippen molar-refractivity contribution in [2.45, 2.75) is 71.8 Å². The molecule has 2 fully saturated rings. The maximum atomic E-state index is 12.6. The molecule has 3 rings (SSSR count). The number of aromatic nitrogens is 1. The molecule has 2 N–H and O–H groups in total. The Bertz CT molecular complexity index is 687. The molecule has 1 aliphatic carbocycles. The molecule has 1 saturated heterocycles. The van der Waals surface area contributed by atoms with Crippen LogP contribution in [-0.2, 0) is 17.6 Å². The van der Waals surface area contributed by atoms with Crippen molar-refractivity contribution in [2.24, 2.45) is 10.9 Å². The summed E-state index contributed by atoms with van der Waals surface area (Å²) < 4.78 is 0. The molecule has 0 radical (unpaired) electrons. The van der Waals surface area contributed by atoms with Gasteiger partial charge in [-0.2, -0.15) is 0 Å². The Balaban J connectivity index is 0.00000300. The zero-order valence-electron chi connectivity index (χ0n) is 18.0. The van der Waals surface area contributed by atoms with Crippen LogP contribution in [-0.4, -0.2) is 54.0 Å². The highest BCUT2D eigenvalue weighted by Gasteiger charge is 2.32. The molecule has 1 aromatic rings. The van der Waals surface area contributed by atoms with Crippen molar-refractivity contribution in [2.75, 3.05) is 26.2 Å². The van der Waals surface area contributed by atoms with Crippen LogP contribution in [0, 0.1) is 12.8 Å². The molecule has 164 valence electrons. The quantitative estimate of drug-likeness (QED) is 0.320. The molecule has 1 aromatic heterocycles. The minimum absolute atomic E-state index is 0. The summed E-state index contributed by atoms with van der Waals surface area (Å²) in [5.41, 5.74) is 1.21. The number of nitrogens with one attached hydrogen (secondary N) is 2. The second kappa shape index (κ2) is 12.1. The first-order chi connectivity index (χ1) is 13.6. The molecule has 29 heavy (non-hydrogen) atoms. The Labute approximate surface area is 196 Å². The number of nitrogens with zero attached hydrogens (tertiary/aromatic N) is 3. The van der Waals surface area contributed by atoms with Crippen LogP contribution >= 0.6 is 35.3 Å². The number of halogens is 1. The number of rotatable bonds is 7. The molecule has 1 amide bonds. The highest BCUT2D eigenvalue weighted by atomic mass is 127. The van der Waals surface area contributed by atoms with Gasteiger partial charge in [-0.25, -0.2) is 4.98 Å². The minimum atomic E-state index is 0. The Kier molecular flexibility index (Phi) is 10.1. The molecule has 6 nitrogen and oxygen atoms in total. The number of carbonyl (C=O) groups excluding carboxylic acids is 1. The fourth-order valence-electron chi connectivity index (χ4n) is 4.21. The van der Waals surface area contributed by atoms with E-state index in [0.29, 0.717) is 5.91 Å². The summed E-state index contributed by atoms with van der Waals surface area (Å²) in [5, 5.41) is 8.05. The summed E-state index contributed by atoms with van der Waals surface area (Å²) in [5.74, 6) is 1.50. The second-order valence-electron chi connectivity index (χ2n) is 7.87. The molecule has 1 saturated carbocycles. The van der Waals surface area contributed by atoms with Crippen LogP contribution in [0.1, 0.15) is 61.5 Å². The molecule has 2 heterocycles. The lowest BCUT2D eigenvalue weighted by molar-refractivity contribution is -0.134. The average molecular weight is 534 g/mol. The van der Waals surface area contributed by atoms with Gasteiger partial charge in [-0.1, -0.05) is 19.8 Å². The Morgan fingerprint density at radius 3 is 2.69 bits per heavy atom. The van der Waals surface area contributed by atoms with Gasteiger partial charge in [0.05, 0.1) is 10.7 Å². The van der Waals surface area contributed by atoms with E-state index in [-0.39, 0.29) is 35.9 Å². The number of hydrogen-bond acceptors (Lipinski definition) is 4. The Hall–Kier alpha value is -0.900. The predicted octanol–water partition coefficient (Wildman–Crippen LogP) is 3.52. The van der Waals surface area contributed by atoms with Crippen LogP contribution in [0.15, 0.2) is 4.99 Å². The molecular weight excluding hydrogens is 497 g/mol. The number of amides is 1. The lowest BCUT2D eigenvalue weighted by Crippen LogP contribution is -2.45. The smallest absolute Gasteiger partial charge is 0.225 e. The van der Waals surface area contributed by atoms with Crippen molar-refractivity contribution in [3.05, 3.63) is 15.6 Å². The highest BCUT2D eigenvalue weighted by molar-refractivity contribution is 14.0. The second-order valence-corrected chi connectivity index (χ2v) is 9.16. The fourth-order valence-corrected chi connectivity index (χ4v) is 5.22. The first-order valence-electron chi connectivity index (χ1n) is 10.9. The molecule has 0 spiro atoms. The van der Waals surface area contributed by atoms with E-state index < -0.39 is 0 Å². The molecule has 0 aromatic carbocycles. The van der Waals surface area contributed by atoms with E-state index in [1.165, 1.54) is 28.4 Å². The number of guanidine groups is 1. The van der Waals surface area contributed by atoms with Gasteiger partial charge >= 0.3 is 0 Å². The number of aliphatic imine (C=N–C) groups is 1. The summed E-state index contributed by atoms with van der Waals surface area (Å²) in [4.78, 5) is 25.5. The summed E-state index contributed by atoms with van der Waals surface area (Å²) in [7, 11) is 0. The molecule has 0 bridgehead atoms. The predicted molar refractivity (Wildman–Crippen MR) is 131 cm³/mol. The standard InChI is InChI=1S/C21H35N5OS.HI/c1-4-18-15(3)28-19(25-18)10-12-23-21(22-5-2)24-17-11-13-26(14-17)20(27)16-8-6-7-9-16;/h16-17H,4-14H2,1-3H3,(H2,22,23,24);1H. The summed E-state index contributed by atoms with van der Waals surface area (Å²) in [6.45, 7) is 9.60. The van der Waals surface area contributed by atoms with E-state index in [9.17, 15) is 4.79 Å². The van der Waals surface area contributed by atoms with Gasteiger partial charge < -0.3 is 15.5 Å². The van der Waals surface area contributed by atoms with Crippen LogP contribution in [0.2, 0.25) is 0 Å². The van der Waals surface area contributed by atoms with Crippen LogP contribution < -0.4 is 10.6 Å². The number of carbonyl (C=O) groups is 1. The summed E-state index contributed by atoms with van der Waals surface area (Å²) >= 11 is 1.79. The minimum Gasteiger partial charge on any atom is -0.357 e. The lowest BCUT2D eigenvalue weighted by atomic mass is 10.1. The van der Waals surface area contributed by atoms with Gasteiger partial charge in [0, 0.05) is 49.4 Å². The molecule has 2 aliphatic rings. The van der Waals surface area contributed by atoms with E-state index in [2.05, 4.69) is 36.3 Å². The third-order valence-electron chi connectivity index (χ3n) is 5.76. The normalized spacial score (nSPS) is 20.0. The molecule has 8 heteroatoms. The van der Waals surface area contributed by atoms with Gasteiger partial charge in [-0.3, -0.25) is 9.79 Å². The third-order valence-corrected chi connectivity index (χ3v) is 6.83. The van der Waals surface area contributed by atoms with Gasteiger partial charge in [-0.15, -0.1) is 35.3 Å². The molecule has 1 atom stereocenters. The summed E-state index contributed by atoms with van der Waals surface area (Å²) in [6, 6.07) is 0.289. The van der Waals surface area contributed by atoms with E-state index in [1.54, 1.807) is 11.3 Å². The monoisotopic (exact) mass is 533 g/mol. The maximum absolute atomic E-state index is 12.6. The van der Waals surface area contributed by atoms with Crippen LogP contribution in [0.4, 0.5) is 0 Å². The van der Waals surface area contributed by atoms with Crippen molar-refractivity contribution in [1.29, 1.82) is 0 Å². The SMILES string of the molecule is CCNC(=NCCc1nc(CC)c(C)s1)NC1CCN(C(=O)C2CCCC2)C1.I. The van der Waals surface area contributed by atoms with Crippen molar-refractivity contribution < 1.29 is 4.79 Å². The van der Waals surface area contributed by atoms with E-state index in [4.69, 9.17) is 9.98 Å². The largest absolute Gasteiger partial charge is 0.357 e. The maximum Gasteiger partial charge on any atom is 0.225 e. The average Bonchev–Trinajstić information content (AvgIpc) is 3.42. The van der Waals surface area contributed by atoms with Crippen LogP contribution in [0.5, 0.6) is 0 Å². The van der Waals surface area contributed by atoms with Crippen molar-refractivity contribution in [3.63, 3.8) is 0 Å². The first kappa shape index (κ1) is 24.4. The van der Waals surface area contributed by atoms with Crippen molar-refractivity contribution in [1.82, 2.24) is 20.5 Å². The third kappa shape index (κ3) is 6.80. The van der Waals surface area contributed by atoms with Crippen LogP contribution in [0.25, 0.3) is 0 Å². The fraction of sp³-hybridized carbons (Fsp3) is 0.762. The van der Waals surface area contributed by atoms with Gasteiger partial charge in [0.2, 0.25) is 5.91 Å². The molecule has 1 aliphatic heterocycles. The van der Waals surface area contributed by atoms with E-state index >= 15 is 0 Å². The van der Waals surface area contributed by atoms with Gasteiger partial charge in [0.15, 0.2) is 5.96 Å². The van der Waals surface area contributed by atoms with Gasteiger partial charge in [0.1, 0.15) is 0 Å². The van der Waals surface area contributed by atoms with Crippen molar-refractivity contribution in [3.8, 4) is 0 Å². The van der Waals surface area contributed by atoms with E-state index in [1.807, 2.05) is 0 Å². The number of hydrogen-bond donors (Lipinski definition) is 2. The van der Waals surface area contributed by atoms with Gasteiger partial charge in [-0.05, 0) is 39.5 Å². The zero-order chi connectivity index (χ0) is 19.9. The highest BCUT2D eigenvalue weighted by Crippen LogP contribution is 2.27. The first-order valence-corrected chi connectivity index (χ1v) is 11.7. The Morgan fingerprint density at radius 1 is 1.28 bits per heavy atom. The number of likely N-dealkylation sites (tertiary alicyclic amines) is 1. The van der Waals surface area contributed by atoms with Gasteiger partial charge in [0.25, 0.3) is 0 Å². The molecular formula is C21H36IN5OS. The molecule has 1 unspecified atom stereocenters. The zero-order valence-corrected chi connectivity index (χ0v) is 21.1. The topological polar surface area (TPSA) is 69.6 Å². The summed E-state index contributed by atoms with van der Waals surface area (Å²) in [6.07, 6.45) is 7.44. The lowest BCUT2D eigenvalue weighted by Gasteiger charge is -2.21. The number of thiazole rings is 1. The Morgan fingerprint density at radius 2 is 2.03 bits per heavy atom.